The molecule has 0 saturated carbocycles. The Labute approximate surface area is 234 Å². The fraction of sp³-hybridized carbons (Fsp3) is 0.480. The summed E-state index contributed by atoms with van der Waals surface area (Å²) in [6.45, 7) is 6.66. The molecule has 5 heterocycles. The van der Waals surface area contributed by atoms with Crippen molar-refractivity contribution >= 4 is 11.9 Å². The van der Waals surface area contributed by atoms with Crippen molar-refractivity contribution in [1.29, 1.82) is 0 Å². The molecule has 5 rings (SSSR count). The Morgan fingerprint density at radius 2 is 1.81 bits per heavy atom. The molecule has 1 fully saturated rings. The van der Waals surface area contributed by atoms with E-state index in [0.717, 1.165) is 74.9 Å². The maximum Gasteiger partial charge on any atom is 0.490 e. The number of carboxylic acids is 2. The largest absolute Gasteiger partial charge is 0.490 e. The van der Waals surface area contributed by atoms with E-state index in [-0.39, 0.29) is 5.92 Å². The topological polar surface area (TPSA) is 155 Å². The number of carbonyl (C=O) groups is 2. The predicted octanol–water partition coefficient (Wildman–Crippen LogP) is 4.32. The number of rotatable bonds is 4. The van der Waals surface area contributed by atoms with Crippen LogP contribution in [0, 0.1) is 6.92 Å². The van der Waals surface area contributed by atoms with Gasteiger partial charge in [0.1, 0.15) is 5.76 Å². The average Bonchev–Trinajstić information content (AvgIpc) is 3.61. The predicted molar refractivity (Wildman–Crippen MR) is 131 cm³/mol. The summed E-state index contributed by atoms with van der Waals surface area (Å²) in [5.41, 5.74) is 4.57. The van der Waals surface area contributed by atoms with Crippen LogP contribution in [0.15, 0.2) is 33.5 Å². The molecule has 0 amide bonds. The van der Waals surface area contributed by atoms with Gasteiger partial charge in [0.15, 0.2) is 0 Å². The molecule has 3 N–H and O–H groups in total. The third-order valence-electron chi connectivity index (χ3n) is 6.30. The summed E-state index contributed by atoms with van der Waals surface area (Å²) in [4.78, 5) is 29.6. The highest BCUT2D eigenvalue weighted by Crippen LogP contribution is 2.32. The van der Waals surface area contributed by atoms with E-state index < -0.39 is 24.3 Å². The summed E-state index contributed by atoms with van der Waals surface area (Å²) in [5.74, 6) is -2.83. The normalized spacial score (nSPS) is 17.3. The zero-order chi connectivity index (χ0) is 31.1. The van der Waals surface area contributed by atoms with Crippen LogP contribution >= 0.6 is 0 Å². The first-order valence-electron chi connectivity index (χ1n) is 12.5. The number of carboxylic acid groups (broad SMARTS) is 2. The number of aliphatic carboxylic acids is 2. The molecule has 17 heteroatoms. The lowest BCUT2D eigenvalue weighted by molar-refractivity contribution is -0.193. The van der Waals surface area contributed by atoms with Gasteiger partial charge in [-0.3, -0.25) is 9.88 Å². The maximum absolute atomic E-state index is 10.6. The van der Waals surface area contributed by atoms with Gasteiger partial charge in [0.25, 0.3) is 0 Å². The molecule has 1 atom stereocenters. The second kappa shape index (κ2) is 13.8. The van der Waals surface area contributed by atoms with Crippen molar-refractivity contribution in [3.8, 4) is 11.4 Å². The molecule has 0 aromatic carbocycles. The number of nitrogens with one attached hydrogen (secondary N) is 1. The van der Waals surface area contributed by atoms with Gasteiger partial charge in [0, 0.05) is 30.5 Å². The van der Waals surface area contributed by atoms with E-state index in [1.165, 1.54) is 11.1 Å². The van der Waals surface area contributed by atoms with E-state index in [1.54, 1.807) is 6.26 Å². The molecule has 2 aliphatic rings. The Bertz CT molecular complexity index is 1320. The number of nitrogens with zero attached hydrogens (tertiary/aromatic N) is 4. The lowest BCUT2D eigenvalue weighted by Crippen LogP contribution is -2.33. The number of fused-ring (bicyclic) bond motifs is 1. The zero-order valence-corrected chi connectivity index (χ0v) is 22.1. The van der Waals surface area contributed by atoms with Crippen molar-refractivity contribution in [1.82, 2.24) is 25.3 Å². The molecule has 0 aliphatic carbocycles. The number of aryl methyl sites for hydroxylation is 1. The van der Waals surface area contributed by atoms with Gasteiger partial charge in [-0.15, -0.1) is 0 Å². The average molecular weight is 608 g/mol. The minimum Gasteiger partial charge on any atom is -0.475 e. The molecule has 1 saturated heterocycles. The Kier molecular flexibility index (Phi) is 10.7. The van der Waals surface area contributed by atoms with Crippen molar-refractivity contribution in [2.45, 2.75) is 57.5 Å². The first-order chi connectivity index (χ1) is 19.7. The fourth-order valence-corrected chi connectivity index (χ4v) is 4.39. The highest BCUT2D eigenvalue weighted by Gasteiger charge is 2.39. The lowest BCUT2D eigenvalue weighted by Gasteiger charge is -2.30. The molecule has 0 radical (unpaired) electrons. The van der Waals surface area contributed by atoms with E-state index in [1.807, 2.05) is 25.3 Å². The molecule has 3 aromatic rings. The van der Waals surface area contributed by atoms with Crippen molar-refractivity contribution < 1.29 is 55.1 Å². The Balaban J connectivity index is 0.000000289. The van der Waals surface area contributed by atoms with Crippen molar-refractivity contribution in [3.05, 3.63) is 53.1 Å². The van der Waals surface area contributed by atoms with Crippen molar-refractivity contribution in [3.63, 3.8) is 0 Å². The molecule has 3 aromatic heterocycles. The number of hydrogen-bond donors (Lipinski definition) is 3. The SMILES string of the molecule is Cc1ncc2c(c1-c1noc(C3CCCN(Cc4ccco4)C3)n1)CCNC2.O=C(O)C(F)(F)F.O=C(O)C(F)(F)F. The maximum atomic E-state index is 10.6. The molecule has 230 valence electrons. The number of pyridine rings is 1. The van der Waals surface area contributed by atoms with Crippen LogP contribution in [0.4, 0.5) is 26.3 Å². The van der Waals surface area contributed by atoms with E-state index in [4.69, 9.17) is 33.7 Å². The van der Waals surface area contributed by atoms with E-state index in [0.29, 0.717) is 5.82 Å². The van der Waals surface area contributed by atoms with Crippen LogP contribution in [0.5, 0.6) is 0 Å². The Hall–Kier alpha value is -3.99. The Morgan fingerprint density at radius 1 is 1.14 bits per heavy atom. The number of aromatic nitrogens is 3. The van der Waals surface area contributed by atoms with Crippen LogP contribution in [0.3, 0.4) is 0 Å². The number of hydrogen-bond acceptors (Lipinski definition) is 9. The summed E-state index contributed by atoms with van der Waals surface area (Å²) in [7, 11) is 0. The molecule has 1 unspecified atom stereocenters. The highest BCUT2D eigenvalue weighted by molar-refractivity contribution is 5.73. The van der Waals surface area contributed by atoms with Crippen LogP contribution in [0.1, 0.15) is 47.2 Å². The number of alkyl halides is 6. The van der Waals surface area contributed by atoms with Gasteiger partial charge in [-0.2, -0.15) is 31.3 Å². The summed E-state index contributed by atoms with van der Waals surface area (Å²) in [5, 5.41) is 22.0. The zero-order valence-electron chi connectivity index (χ0n) is 22.1. The van der Waals surface area contributed by atoms with Crippen LogP contribution in [0.2, 0.25) is 0 Å². The van der Waals surface area contributed by atoms with Crippen molar-refractivity contribution in [2.75, 3.05) is 19.6 Å². The smallest absolute Gasteiger partial charge is 0.475 e. The van der Waals surface area contributed by atoms with Crippen LogP contribution in [-0.2, 0) is 29.1 Å². The molecule has 42 heavy (non-hydrogen) atoms. The standard InChI is InChI=1S/C21H25N5O2.2C2HF3O2/c1-14-19(18-6-7-22-10-16(18)11-23-14)20-24-21(28-25-20)15-4-2-8-26(12-15)13-17-5-3-9-27-17;2*3-2(4,5)1(6)7/h3,5,9,11,15,22H,2,4,6-8,10,12-13H2,1H3;2*(H,6,7). The van der Waals surface area contributed by atoms with Gasteiger partial charge >= 0.3 is 24.3 Å². The number of likely N-dealkylation sites (tertiary alicyclic amines) is 1. The molecular weight excluding hydrogens is 580 g/mol. The van der Waals surface area contributed by atoms with E-state index >= 15 is 0 Å². The van der Waals surface area contributed by atoms with Crippen LogP contribution < -0.4 is 5.32 Å². The monoisotopic (exact) mass is 607 g/mol. The van der Waals surface area contributed by atoms with Crippen LogP contribution in [0.25, 0.3) is 11.4 Å². The number of furan rings is 1. The summed E-state index contributed by atoms with van der Waals surface area (Å²) < 4.78 is 74.7. The number of piperidine rings is 1. The van der Waals surface area contributed by atoms with Gasteiger partial charge in [-0.05, 0) is 62.5 Å². The summed E-state index contributed by atoms with van der Waals surface area (Å²) in [6, 6.07) is 3.96. The molecule has 11 nitrogen and oxygen atoms in total. The molecular formula is C25H27F6N5O6. The van der Waals surface area contributed by atoms with Gasteiger partial charge in [0.05, 0.1) is 18.7 Å². The van der Waals surface area contributed by atoms with Gasteiger partial charge in [-0.25, -0.2) is 9.59 Å². The minimum absolute atomic E-state index is 0.263. The van der Waals surface area contributed by atoms with Gasteiger partial charge in [-0.1, -0.05) is 5.16 Å². The molecule has 0 spiro atoms. The molecule has 0 bridgehead atoms. The second-order valence-corrected chi connectivity index (χ2v) is 9.36. The lowest BCUT2D eigenvalue weighted by atomic mass is 9.95. The van der Waals surface area contributed by atoms with Gasteiger partial charge in [0.2, 0.25) is 11.7 Å². The number of halogens is 6. The van der Waals surface area contributed by atoms with E-state index in [2.05, 4.69) is 20.4 Å². The third kappa shape index (κ3) is 9.01. The second-order valence-electron chi connectivity index (χ2n) is 9.36. The quantitative estimate of drug-likeness (QED) is 0.363. The Morgan fingerprint density at radius 3 is 2.40 bits per heavy atom. The first-order valence-corrected chi connectivity index (χ1v) is 12.5. The first kappa shape index (κ1) is 32.5. The van der Waals surface area contributed by atoms with E-state index in [9.17, 15) is 26.3 Å². The van der Waals surface area contributed by atoms with Crippen LogP contribution in [-0.4, -0.2) is 74.2 Å². The van der Waals surface area contributed by atoms with Gasteiger partial charge < -0.3 is 24.5 Å². The van der Waals surface area contributed by atoms with Crippen molar-refractivity contribution in [2.24, 2.45) is 0 Å². The highest BCUT2D eigenvalue weighted by atomic mass is 19.4. The summed E-state index contributed by atoms with van der Waals surface area (Å²) in [6.07, 6.45) is -3.30. The summed E-state index contributed by atoms with van der Waals surface area (Å²) >= 11 is 0. The molecule has 2 aliphatic heterocycles. The fourth-order valence-electron chi connectivity index (χ4n) is 4.39. The minimum atomic E-state index is -5.08. The third-order valence-corrected chi connectivity index (χ3v) is 6.30.